The van der Waals surface area contributed by atoms with Crippen molar-refractivity contribution in [2.45, 2.75) is 82.0 Å². The van der Waals surface area contributed by atoms with Crippen LogP contribution in [0.5, 0.6) is 5.75 Å². The number of para-hydroxylation sites is 1. The molecule has 2 saturated heterocycles. The van der Waals surface area contributed by atoms with Crippen LogP contribution in [0, 0.1) is 0 Å². The number of piperidine rings is 1. The van der Waals surface area contributed by atoms with Gasteiger partial charge in [0.25, 0.3) is 0 Å². The fourth-order valence-electron chi connectivity index (χ4n) is 6.32. The first-order valence-electron chi connectivity index (χ1n) is 13.5. The molecule has 12 heteroatoms. The van der Waals surface area contributed by atoms with Crippen LogP contribution in [0.4, 0.5) is 27.8 Å². The van der Waals surface area contributed by atoms with Crippen molar-refractivity contribution >= 4 is 11.8 Å². The summed E-state index contributed by atoms with van der Waals surface area (Å²) >= 11 is 0. The zero-order valence-electron chi connectivity index (χ0n) is 21.8. The molecule has 2 unspecified atom stereocenters. The van der Waals surface area contributed by atoms with E-state index in [0.717, 1.165) is 54.8 Å². The molecule has 7 nitrogen and oxygen atoms in total. The largest absolute Gasteiger partial charge is 0.478 e. The van der Waals surface area contributed by atoms with Crippen LogP contribution in [0.15, 0.2) is 42.7 Å². The van der Waals surface area contributed by atoms with Gasteiger partial charge < -0.3 is 24.5 Å². The van der Waals surface area contributed by atoms with Crippen molar-refractivity contribution in [1.82, 2.24) is 9.97 Å². The summed E-state index contributed by atoms with van der Waals surface area (Å²) in [6.45, 7) is -2.71. The number of rotatable bonds is 9. The molecule has 41 heavy (non-hydrogen) atoms. The highest BCUT2D eigenvalue weighted by Crippen LogP contribution is 2.46. The molecule has 2 aromatic heterocycles. The van der Waals surface area contributed by atoms with E-state index >= 15 is 0 Å². The Morgan fingerprint density at radius 2 is 1.80 bits per heavy atom. The molecule has 3 fully saturated rings. The number of carboxylic acids is 1. The number of halogens is 5. The summed E-state index contributed by atoms with van der Waals surface area (Å²) in [7, 11) is 0. The van der Waals surface area contributed by atoms with Crippen molar-refractivity contribution in [1.29, 1.82) is 0 Å². The minimum Gasteiger partial charge on any atom is -0.478 e. The molecule has 0 radical (unpaired) electrons. The van der Waals surface area contributed by atoms with Crippen molar-refractivity contribution in [2.75, 3.05) is 4.90 Å². The first-order valence-corrected chi connectivity index (χ1v) is 13.5. The molecule has 2 N–H and O–H groups in total. The lowest BCUT2D eigenvalue weighted by Crippen LogP contribution is -2.46. The molecular formula is C29H28F5N3O4. The number of H-pyrrole nitrogens is 1. The van der Waals surface area contributed by atoms with E-state index in [1.54, 1.807) is 24.4 Å². The quantitative estimate of drug-likeness (QED) is 0.267. The number of alkyl halides is 5. The van der Waals surface area contributed by atoms with E-state index in [0.29, 0.717) is 24.3 Å². The smallest absolute Gasteiger partial charge is 0.417 e. The Morgan fingerprint density at radius 1 is 1.10 bits per heavy atom. The van der Waals surface area contributed by atoms with Crippen molar-refractivity contribution in [3.8, 4) is 16.9 Å². The number of hydrogen-bond donors (Lipinski definition) is 2. The second-order valence-corrected chi connectivity index (χ2v) is 10.8. The number of hydrogen-bond acceptors (Lipinski definition) is 5. The fourth-order valence-corrected chi connectivity index (χ4v) is 6.32. The van der Waals surface area contributed by atoms with Gasteiger partial charge in [-0.1, -0.05) is 18.2 Å². The third-order valence-electron chi connectivity index (χ3n) is 8.24. The Hall–Kier alpha value is -3.67. The topological polar surface area (TPSA) is 87.7 Å². The van der Waals surface area contributed by atoms with Crippen LogP contribution in [0.3, 0.4) is 0 Å². The van der Waals surface area contributed by atoms with Crippen LogP contribution >= 0.6 is 0 Å². The summed E-state index contributed by atoms with van der Waals surface area (Å²) in [5.41, 5.74) is 1.12. The number of aromatic amines is 1. The maximum absolute atomic E-state index is 13.6. The van der Waals surface area contributed by atoms with E-state index in [-0.39, 0.29) is 36.4 Å². The molecule has 1 saturated carbocycles. The average molecular weight is 578 g/mol. The van der Waals surface area contributed by atoms with E-state index in [1.807, 2.05) is 4.90 Å². The van der Waals surface area contributed by atoms with Gasteiger partial charge in [0.2, 0.25) is 0 Å². The third kappa shape index (κ3) is 5.49. The molecule has 0 spiro atoms. The van der Waals surface area contributed by atoms with Crippen LogP contribution in [0.2, 0.25) is 0 Å². The number of aromatic carboxylic acids is 1. The summed E-state index contributed by atoms with van der Waals surface area (Å²) < 4.78 is 78.2. The second kappa shape index (κ2) is 10.6. The van der Waals surface area contributed by atoms with Crippen LogP contribution in [-0.2, 0) is 17.5 Å². The lowest BCUT2D eigenvalue weighted by Gasteiger charge is -2.40. The van der Waals surface area contributed by atoms with E-state index in [9.17, 15) is 31.9 Å². The van der Waals surface area contributed by atoms with E-state index in [2.05, 4.69) is 9.97 Å². The van der Waals surface area contributed by atoms with Crippen LogP contribution in [-0.4, -0.2) is 45.8 Å². The van der Waals surface area contributed by atoms with Crippen LogP contribution in [0.25, 0.3) is 11.1 Å². The lowest BCUT2D eigenvalue weighted by molar-refractivity contribution is -0.138. The summed E-state index contributed by atoms with van der Waals surface area (Å²) in [5, 5.41) is 9.21. The molecule has 4 heterocycles. The number of fused-ring (bicyclic) bond motifs is 2. The maximum atomic E-state index is 13.6. The predicted molar refractivity (Wildman–Crippen MR) is 138 cm³/mol. The number of benzene rings is 1. The Balaban J connectivity index is 1.21. The van der Waals surface area contributed by atoms with E-state index in [1.165, 1.54) is 6.07 Å². The summed E-state index contributed by atoms with van der Waals surface area (Å²) in [4.78, 5) is 20.6. The number of anilines is 1. The van der Waals surface area contributed by atoms with Crippen LogP contribution in [0.1, 0.15) is 71.6 Å². The van der Waals surface area contributed by atoms with Gasteiger partial charge in [-0.05, 0) is 56.6 Å². The van der Waals surface area contributed by atoms with E-state index < -0.39 is 29.9 Å². The fraction of sp³-hybridized carbons (Fsp3) is 0.448. The highest BCUT2D eigenvalue weighted by Gasteiger charge is 2.44. The zero-order chi connectivity index (χ0) is 28.9. The Labute approximate surface area is 232 Å². The number of nitrogens with zero attached hydrogens (tertiary/aromatic N) is 2. The molecular weight excluding hydrogens is 549 g/mol. The van der Waals surface area contributed by atoms with Crippen LogP contribution < -0.4 is 9.64 Å². The van der Waals surface area contributed by atoms with Crippen molar-refractivity contribution in [2.24, 2.45) is 0 Å². The van der Waals surface area contributed by atoms with Gasteiger partial charge in [0.15, 0.2) is 0 Å². The minimum absolute atomic E-state index is 0.0797. The van der Waals surface area contributed by atoms with Gasteiger partial charge in [-0.2, -0.15) is 22.0 Å². The van der Waals surface area contributed by atoms with Gasteiger partial charge in [0.05, 0.1) is 23.8 Å². The minimum atomic E-state index is -4.82. The molecule has 1 aliphatic carbocycles. The second-order valence-electron chi connectivity index (χ2n) is 10.8. The molecule has 1 aromatic carbocycles. The normalized spacial score (nSPS) is 22.4. The third-order valence-corrected chi connectivity index (χ3v) is 8.24. The highest BCUT2D eigenvalue weighted by atomic mass is 19.4. The monoisotopic (exact) mass is 577 g/mol. The molecule has 2 bridgehead atoms. The molecule has 3 aromatic rings. The molecule has 6 rings (SSSR count). The molecule has 218 valence electrons. The van der Waals surface area contributed by atoms with Gasteiger partial charge in [0.1, 0.15) is 11.6 Å². The SMILES string of the molecule is O=C(O)c1cnc(N2C3CCC2CC(OCc2c(-c4ccccc4OC(F)F)c[nH]c2C2CC2)C3)cc1C(F)(F)F. The molecule has 3 aliphatic rings. The molecule has 0 amide bonds. The number of aromatic nitrogens is 2. The first kappa shape index (κ1) is 27.5. The Kier molecular flexibility index (Phi) is 7.13. The predicted octanol–water partition coefficient (Wildman–Crippen LogP) is 6.99. The maximum Gasteiger partial charge on any atom is 0.417 e. The number of ether oxygens (including phenoxy) is 2. The van der Waals surface area contributed by atoms with Gasteiger partial charge in [-0.15, -0.1) is 0 Å². The van der Waals surface area contributed by atoms with Crippen molar-refractivity contribution < 1.29 is 41.3 Å². The summed E-state index contributed by atoms with van der Waals surface area (Å²) in [6, 6.07) is 7.27. The van der Waals surface area contributed by atoms with Crippen molar-refractivity contribution in [3.05, 3.63) is 65.1 Å². The average Bonchev–Trinajstić information content (AvgIpc) is 3.62. The number of nitrogens with one attached hydrogen (secondary N) is 1. The summed E-state index contributed by atoms with van der Waals surface area (Å²) in [6.07, 6.45) is 2.32. The van der Waals surface area contributed by atoms with Gasteiger partial charge in [-0.3, -0.25) is 0 Å². The van der Waals surface area contributed by atoms with Gasteiger partial charge in [-0.25, -0.2) is 9.78 Å². The van der Waals surface area contributed by atoms with Gasteiger partial charge in [0, 0.05) is 46.9 Å². The highest BCUT2D eigenvalue weighted by molar-refractivity contribution is 5.89. The first-order chi connectivity index (χ1) is 19.6. The van der Waals surface area contributed by atoms with Crippen molar-refractivity contribution in [3.63, 3.8) is 0 Å². The Morgan fingerprint density at radius 3 is 2.44 bits per heavy atom. The number of carboxylic acid groups (broad SMARTS) is 1. The molecule has 2 atom stereocenters. The van der Waals surface area contributed by atoms with E-state index in [4.69, 9.17) is 9.47 Å². The number of pyridine rings is 1. The Bertz CT molecular complexity index is 1420. The van der Waals surface area contributed by atoms with Gasteiger partial charge >= 0.3 is 18.8 Å². The zero-order valence-corrected chi connectivity index (χ0v) is 21.8. The number of carbonyl (C=O) groups is 1. The lowest BCUT2D eigenvalue weighted by atomic mass is 9.98. The molecule has 2 aliphatic heterocycles. The summed E-state index contributed by atoms with van der Waals surface area (Å²) in [5.74, 6) is -1.13. The standard InChI is InChI=1S/C29H28F5N3O4/c30-28(31)41-24-4-2-1-3-19(24)20-12-36-26(15-5-6-15)22(20)14-40-18-9-16-7-8-17(10-18)37(16)25-11-23(29(32,33)34)21(13-35-25)27(38)39/h1-4,11-13,15-18,28,36H,5-10,14H2,(H,38,39).